The second kappa shape index (κ2) is 11.0. The van der Waals surface area contributed by atoms with Crippen LogP contribution in [-0.4, -0.2) is 16.2 Å². The summed E-state index contributed by atoms with van der Waals surface area (Å²) in [7, 11) is 0. The Balaban J connectivity index is 1.44. The van der Waals surface area contributed by atoms with Gasteiger partial charge in [0.25, 0.3) is 0 Å². The predicted molar refractivity (Wildman–Crippen MR) is 121 cm³/mol. The number of rotatable bonds is 8. The van der Waals surface area contributed by atoms with Gasteiger partial charge in [-0.15, -0.1) is 0 Å². The molecule has 0 aromatic rings. The molecule has 172 valence electrons. The van der Waals surface area contributed by atoms with Crippen LogP contribution in [0.2, 0.25) is 0 Å². The van der Waals surface area contributed by atoms with Crippen LogP contribution >= 0.6 is 22.6 Å². The summed E-state index contributed by atoms with van der Waals surface area (Å²) in [5, 5.41) is 0. The van der Waals surface area contributed by atoms with Gasteiger partial charge in [-0.1, -0.05) is 68.0 Å². The third kappa shape index (κ3) is 6.38. The molecule has 2 atom stereocenters. The van der Waals surface area contributed by atoms with Gasteiger partial charge >= 0.3 is 6.11 Å². The van der Waals surface area contributed by atoms with Gasteiger partial charge in [0, 0.05) is 6.08 Å². The summed E-state index contributed by atoms with van der Waals surface area (Å²) in [6.07, 6.45) is 9.76. The van der Waals surface area contributed by atoms with Crippen molar-refractivity contribution in [1.29, 1.82) is 0 Å². The standard InChI is InChI=1S/C24H35F4IO/c1-2-3-4-5-16-6-8-17(9-7-16)18-10-12-19(13-11-18)24(27,28)30-20-14-21(25)23(26)22(29)15-20/h14-19,22-23H,2-13H2,1H3. The maximum Gasteiger partial charge on any atom is 0.400 e. The lowest BCUT2D eigenvalue weighted by atomic mass is 9.68. The highest BCUT2D eigenvalue weighted by atomic mass is 127. The van der Waals surface area contributed by atoms with E-state index in [1.165, 1.54) is 57.4 Å². The number of alkyl halides is 4. The molecule has 0 aliphatic heterocycles. The van der Waals surface area contributed by atoms with E-state index < -0.39 is 27.9 Å². The van der Waals surface area contributed by atoms with Gasteiger partial charge in [-0.05, 0) is 62.4 Å². The number of hydrogen-bond donors (Lipinski definition) is 0. The average molecular weight is 542 g/mol. The minimum Gasteiger partial charge on any atom is -0.433 e. The van der Waals surface area contributed by atoms with Gasteiger partial charge in [-0.3, -0.25) is 0 Å². The molecule has 2 unspecified atom stereocenters. The summed E-state index contributed by atoms with van der Waals surface area (Å²) >= 11 is 1.70. The summed E-state index contributed by atoms with van der Waals surface area (Å²) in [6.45, 7) is 2.24. The molecule has 3 aliphatic carbocycles. The molecule has 0 aromatic carbocycles. The summed E-state index contributed by atoms with van der Waals surface area (Å²) in [5.41, 5.74) is 0. The Morgan fingerprint density at radius 2 is 1.60 bits per heavy atom. The Morgan fingerprint density at radius 3 is 2.17 bits per heavy atom. The van der Waals surface area contributed by atoms with Crippen LogP contribution in [0.1, 0.15) is 84.0 Å². The van der Waals surface area contributed by atoms with Gasteiger partial charge in [0.1, 0.15) is 11.6 Å². The summed E-state index contributed by atoms with van der Waals surface area (Å²) in [4.78, 5) is 0. The van der Waals surface area contributed by atoms with Gasteiger partial charge in [-0.2, -0.15) is 8.78 Å². The number of ether oxygens (including phenoxy) is 1. The van der Waals surface area contributed by atoms with Gasteiger partial charge in [0.15, 0.2) is 6.17 Å². The zero-order valence-corrected chi connectivity index (χ0v) is 20.1. The predicted octanol–water partition coefficient (Wildman–Crippen LogP) is 8.68. The van der Waals surface area contributed by atoms with Crippen molar-refractivity contribution in [3.05, 3.63) is 23.7 Å². The zero-order chi connectivity index (χ0) is 21.7. The van der Waals surface area contributed by atoms with Crippen molar-refractivity contribution in [2.75, 3.05) is 0 Å². The number of allylic oxidation sites excluding steroid dienone is 3. The monoisotopic (exact) mass is 542 g/mol. The molecule has 0 amide bonds. The van der Waals surface area contributed by atoms with Crippen LogP contribution in [0.15, 0.2) is 23.7 Å². The second-order valence-electron chi connectivity index (χ2n) is 9.50. The summed E-state index contributed by atoms with van der Waals surface area (Å²) in [5.74, 6) is -0.0591. The van der Waals surface area contributed by atoms with Crippen LogP contribution < -0.4 is 0 Å². The van der Waals surface area contributed by atoms with E-state index in [1.54, 1.807) is 22.6 Å². The molecule has 2 fully saturated rings. The Bertz CT molecular complexity index is 604. The molecule has 0 aromatic heterocycles. The van der Waals surface area contributed by atoms with E-state index in [9.17, 15) is 17.6 Å². The topological polar surface area (TPSA) is 9.23 Å². The van der Waals surface area contributed by atoms with E-state index >= 15 is 0 Å². The van der Waals surface area contributed by atoms with Gasteiger partial charge in [-0.25, -0.2) is 8.78 Å². The smallest absolute Gasteiger partial charge is 0.400 e. The fourth-order valence-electron chi connectivity index (χ4n) is 5.52. The molecule has 6 heteroatoms. The molecule has 0 N–H and O–H groups in total. The first kappa shape index (κ1) is 24.4. The Morgan fingerprint density at radius 1 is 1.00 bits per heavy atom. The van der Waals surface area contributed by atoms with Gasteiger partial charge in [0.05, 0.1) is 9.84 Å². The first-order chi connectivity index (χ1) is 14.3. The van der Waals surface area contributed by atoms with Crippen LogP contribution in [-0.2, 0) is 4.74 Å². The van der Waals surface area contributed by atoms with Crippen LogP contribution in [0.3, 0.4) is 0 Å². The lowest BCUT2D eigenvalue weighted by Gasteiger charge is -2.39. The van der Waals surface area contributed by atoms with Crippen molar-refractivity contribution in [3.8, 4) is 0 Å². The maximum atomic E-state index is 14.7. The molecule has 0 saturated heterocycles. The van der Waals surface area contributed by atoms with Crippen molar-refractivity contribution in [2.24, 2.45) is 23.7 Å². The van der Waals surface area contributed by atoms with Gasteiger partial charge < -0.3 is 4.74 Å². The minimum absolute atomic E-state index is 0.255. The lowest BCUT2D eigenvalue weighted by molar-refractivity contribution is -0.254. The Hall–Kier alpha value is -0.270. The normalized spacial score (nSPS) is 35.5. The maximum absolute atomic E-state index is 14.7. The first-order valence-electron chi connectivity index (χ1n) is 11.7. The zero-order valence-electron chi connectivity index (χ0n) is 17.9. The molecule has 1 nitrogen and oxygen atoms in total. The number of halogens is 5. The van der Waals surface area contributed by atoms with Crippen molar-refractivity contribution < 1.29 is 22.3 Å². The van der Waals surface area contributed by atoms with E-state index in [2.05, 4.69) is 6.92 Å². The van der Waals surface area contributed by atoms with Crippen LogP contribution in [0.4, 0.5) is 17.6 Å². The Labute approximate surface area is 192 Å². The van der Waals surface area contributed by atoms with E-state index in [0.29, 0.717) is 24.7 Å². The fourth-order valence-corrected chi connectivity index (χ4v) is 6.22. The number of hydrogen-bond acceptors (Lipinski definition) is 1. The molecule has 3 aliphatic rings. The largest absolute Gasteiger partial charge is 0.433 e. The molecule has 2 saturated carbocycles. The van der Waals surface area contributed by atoms with E-state index in [0.717, 1.165) is 24.8 Å². The van der Waals surface area contributed by atoms with Gasteiger partial charge in [0.2, 0.25) is 0 Å². The third-order valence-electron chi connectivity index (χ3n) is 7.42. The lowest BCUT2D eigenvalue weighted by Crippen LogP contribution is -2.36. The highest BCUT2D eigenvalue weighted by Crippen LogP contribution is 2.46. The second-order valence-corrected chi connectivity index (χ2v) is 10.9. The highest BCUT2D eigenvalue weighted by Gasteiger charge is 2.45. The molecule has 0 spiro atoms. The van der Waals surface area contributed by atoms with Crippen molar-refractivity contribution in [1.82, 2.24) is 0 Å². The van der Waals surface area contributed by atoms with Crippen molar-refractivity contribution >= 4 is 22.6 Å². The third-order valence-corrected chi connectivity index (χ3v) is 8.41. The van der Waals surface area contributed by atoms with E-state index in [1.807, 2.05) is 0 Å². The van der Waals surface area contributed by atoms with E-state index in [-0.39, 0.29) is 5.76 Å². The minimum atomic E-state index is -3.34. The number of unbranched alkanes of at least 4 members (excludes halogenated alkanes) is 2. The molecule has 0 radical (unpaired) electrons. The van der Waals surface area contributed by atoms with E-state index in [4.69, 9.17) is 4.74 Å². The molecular formula is C24H35F4IO. The van der Waals surface area contributed by atoms with Crippen LogP contribution in [0, 0.1) is 23.7 Å². The summed E-state index contributed by atoms with van der Waals surface area (Å²) < 4.78 is 60.6. The highest BCUT2D eigenvalue weighted by molar-refractivity contribution is 14.1. The Kier molecular flexibility index (Phi) is 8.97. The van der Waals surface area contributed by atoms with Crippen LogP contribution in [0.25, 0.3) is 0 Å². The molecule has 0 heterocycles. The fraction of sp³-hybridized carbons (Fsp3) is 0.833. The summed E-state index contributed by atoms with van der Waals surface area (Å²) in [6, 6.07) is 0. The molecule has 3 rings (SSSR count). The van der Waals surface area contributed by atoms with Crippen LogP contribution in [0.5, 0.6) is 0 Å². The SMILES string of the molecule is CCCCCC1CCC(C2CCC(C(F)(F)OC3=CC(I)C(F)C(F)=C3)CC2)CC1. The first-order valence-corrected chi connectivity index (χ1v) is 13.0. The average Bonchev–Trinajstić information content (AvgIpc) is 2.72. The molecular weight excluding hydrogens is 507 g/mol. The quantitative estimate of drug-likeness (QED) is 0.129. The molecule has 0 bridgehead atoms. The van der Waals surface area contributed by atoms with Crippen molar-refractivity contribution in [3.63, 3.8) is 0 Å². The molecule has 30 heavy (non-hydrogen) atoms. The van der Waals surface area contributed by atoms with Crippen molar-refractivity contribution in [2.45, 2.75) is 100 Å².